The summed E-state index contributed by atoms with van der Waals surface area (Å²) in [4.78, 5) is 19.9. The van der Waals surface area contributed by atoms with E-state index >= 15 is 0 Å². The number of hydrogen-bond donors (Lipinski definition) is 1. The molecule has 5 heteroatoms. The average molecular weight is 273 g/mol. The third-order valence-electron chi connectivity index (χ3n) is 2.98. The zero-order chi connectivity index (χ0) is 14.5. The van der Waals surface area contributed by atoms with Crippen LogP contribution in [0.15, 0.2) is 42.9 Å². The van der Waals surface area contributed by atoms with E-state index in [1.54, 1.807) is 12.1 Å². The van der Waals surface area contributed by atoms with E-state index in [0.717, 1.165) is 5.56 Å². The number of nitrogens with zero attached hydrogens (tertiary/aromatic N) is 2. The number of rotatable bonds is 4. The highest BCUT2D eigenvalue weighted by atomic mass is 19.1. The molecule has 2 rings (SSSR count). The highest BCUT2D eigenvalue weighted by Gasteiger charge is 2.19. The Kier molecular flexibility index (Phi) is 4.40. The predicted molar refractivity (Wildman–Crippen MR) is 73.5 cm³/mol. The summed E-state index contributed by atoms with van der Waals surface area (Å²) in [6.45, 7) is 3.98. The van der Waals surface area contributed by atoms with Gasteiger partial charge in [-0.2, -0.15) is 0 Å². The Morgan fingerprint density at radius 3 is 2.45 bits per heavy atom. The minimum atomic E-state index is -0.295. The Morgan fingerprint density at radius 2 is 1.90 bits per heavy atom. The monoisotopic (exact) mass is 273 g/mol. The first-order chi connectivity index (χ1) is 9.58. The molecule has 1 atom stereocenters. The summed E-state index contributed by atoms with van der Waals surface area (Å²) in [5, 5.41) is 2.90. The number of carbonyl (C=O) groups is 1. The van der Waals surface area contributed by atoms with Crippen LogP contribution < -0.4 is 5.32 Å². The van der Waals surface area contributed by atoms with E-state index in [4.69, 9.17) is 0 Å². The summed E-state index contributed by atoms with van der Waals surface area (Å²) in [6, 6.07) is 5.93. The van der Waals surface area contributed by atoms with Gasteiger partial charge in [0.2, 0.25) is 0 Å². The van der Waals surface area contributed by atoms with E-state index in [-0.39, 0.29) is 29.4 Å². The zero-order valence-electron chi connectivity index (χ0n) is 11.4. The highest BCUT2D eigenvalue weighted by molar-refractivity contribution is 5.92. The molecular formula is C15H16FN3O. The van der Waals surface area contributed by atoms with Crippen molar-refractivity contribution >= 4 is 5.91 Å². The summed E-state index contributed by atoms with van der Waals surface area (Å²) in [6.07, 6.45) is 4.39. The first-order valence-electron chi connectivity index (χ1n) is 6.40. The smallest absolute Gasteiger partial charge is 0.271 e. The fourth-order valence-corrected chi connectivity index (χ4v) is 1.94. The Balaban J connectivity index is 2.18. The van der Waals surface area contributed by atoms with E-state index in [9.17, 15) is 9.18 Å². The van der Waals surface area contributed by atoms with Crippen molar-refractivity contribution in [1.29, 1.82) is 0 Å². The van der Waals surface area contributed by atoms with Crippen LogP contribution in [-0.2, 0) is 0 Å². The minimum Gasteiger partial charge on any atom is -0.344 e. The van der Waals surface area contributed by atoms with Gasteiger partial charge in [-0.1, -0.05) is 26.0 Å². The van der Waals surface area contributed by atoms with Crippen LogP contribution in [0.4, 0.5) is 4.39 Å². The molecule has 1 amide bonds. The van der Waals surface area contributed by atoms with E-state index in [0.29, 0.717) is 0 Å². The van der Waals surface area contributed by atoms with Crippen molar-refractivity contribution < 1.29 is 9.18 Å². The molecule has 0 spiro atoms. The van der Waals surface area contributed by atoms with Gasteiger partial charge in [-0.05, 0) is 23.6 Å². The van der Waals surface area contributed by atoms with Gasteiger partial charge in [-0.15, -0.1) is 0 Å². The number of carbonyl (C=O) groups excluding carboxylic acids is 1. The molecule has 0 aliphatic carbocycles. The average Bonchev–Trinajstić information content (AvgIpc) is 2.46. The second-order valence-electron chi connectivity index (χ2n) is 4.84. The number of hydrogen-bond acceptors (Lipinski definition) is 3. The lowest BCUT2D eigenvalue weighted by molar-refractivity contribution is 0.0920. The van der Waals surface area contributed by atoms with Gasteiger partial charge in [-0.25, -0.2) is 9.37 Å². The molecule has 0 saturated heterocycles. The molecule has 20 heavy (non-hydrogen) atoms. The molecule has 0 unspecified atom stereocenters. The van der Waals surface area contributed by atoms with Crippen molar-refractivity contribution in [3.63, 3.8) is 0 Å². The van der Waals surface area contributed by atoms with E-state index in [2.05, 4.69) is 15.3 Å². The topological polar surface area (TPSA) is 54.9 Å². The lowest BCUT2D eigenvalue weighted by Crippen LogP contribution is -2.32. The predicted octanol–water partition coefficient (Wildman–Crippen LogP) is 2.74. The number of benzene rings is 1. The molecule has 1 aromatic heterocycles. The summed E-state index contributed by atoms with van der Waals surface area (Å²) < 4.78 is 13.0. The van der Waals surface area contributed by atoms with Gasteiger partial charge < -0.3 is 5.32 Å². The fourth-order valence-electron chi connectivity index (χ4n) is 1.94. The molecule has 0 aliphatic rings. The molecule has 1 aromatic carbocycles. The van der Waals surface area contributed by atoms with Gasteiger partial charge in [0.1, 0.15) is 11.5 Å². The van der Waals surface area contributed by atoms with Gasteiger partial charge in [0.25, 0.3) is 5.91 Å². The van der Waals surface area contributed by atoms with Crippen LogP contribution in [0, 0.1) is 11.7 Å². The van der Waals surface area contributed by atoms with Crippen LogP contribution in [0.2, 0.25) is 0 Å². The molecule has 0 radical (unpaired) electrons. The highest BCUT2D eigenvalue weighted by Crippen LogP contribution is 2.22. The third-order valence-corrected chi connectivity index (χ3v) is 2.98. The molecule has 4 nitrogen and oxygen atoms in total. The summed E-state index contributed by atoms with van der Waals surface area (Å²) in [5.74, 6) is -0.418. The Bertz CT molecular complexity index is 569. The second kappa shape index (κ2) is 6.23. The maximum Gasteiger partial charge on any atom is 0.271 e. The lowest BCUT2D eigenvalue weighted by atomic mass is 9.96. The Morgan fingerprint density at radius 1 is 1.20 bits per heavy atom. The van der Waals surface area contributed by atoms with E-state index < -0.39 is 0 Å². The Labute approximate surface area is 117 Å². The van der Waals surface area contributed by atoms with Crippen molar-refractivity contribution in [2.24, 2.45) is 5.92 Å². The standard InChI is InChI=1S/C15H16FN3O/c1-10(2)14(11-3-5-12(16)6-4-11)19-15(20)13-9-17-7-8-18-13/h3-10,14H,1-2H3,(H,19,20)/t14-/m1/s1. The van der Waals surface area contributed by atoms with Gasteiger partial charge in [0.05, 0.1) is 12.2 Å². The minimum absolute atomic E-state index is 0.168. The molecular weight excluding hydrogens is 257 g/mol. The fraction of sp³-hybridized carbons (Fsp3) is 0.267. The number of aromatic nitrogens is 2. The zero-order valence-corrected chi connectivity index (χ0v) is 11.4. The Hall–Kier alpha value is -2.30. The van der Waals surface area contributed by atoms with Crippen molar-refractivity contribution in [3.05, 3.63) is 59.9 Å². The largest absolute Gasteiger partial charge is 0.344 e. The molecule has 0 aliphatic heterocycles. The molecule has 1 heterocycles. The molecule has 2 aromatic rings. The maximum absolute atomic E-state index is 13.0. The van der Waals surface area contributed by atoms with Crippen LogP contribution in [0.25, 0.3) is 0 Å². The van der Waals surface area contributed by atoms with Gasteiger partial charge in [0.15, 0.2) is 0 Å². The lowest BCUT2D eigenvalue weighted by Gasteiger charge is -2.22. The van der Waals surface area contributed by atoms with Crippen molar-refractivity contribution in [2.45, 2.75) is 19.9 Å². The van der Waals surface area contributed by atoms with E-state index in [1.165, 1.54) is 30.7 Å². The first-order valence-corrected chi connectivity index (χ1v) is 6.40. The van der Waals surface area contributed by atoms with Crippen LogP contribution in [0.1, 0.15) is 35.9 Å². The number of halogens is 1. The molecule has 0 saturated carbocycles. The van der Waals surface area contributed by atoms with Crippen LogP contribution >= 0.6 is 0 Å². The molecule has 0 fully saturated rings. The quantitative estimate of drug-likeness (QED) is 0.932. The van der Waals surface area contributed by atoms with Crippen LogP contribution in [0.5, 0.6) is 0 Å². The summed E-state index contributed by atoms with van der Waals surface area (Å²) in [5.41, 5.74) is 1.12. The third kappa shape index (κ3) is 3.38. The van der Waals surface area contributed by atoms with Crippen LogP contribution in [0.3, 0.4) is 0 Å². The molecule has 0 bridgehead atoms. The number of amides is 1. The summed E-state index contributed by atoms with van der Waals surface area (Å²) >= 11 is 0. The van der Waals surface area contributed by atoms with Crippen LogP contribution in [-0.4, -0.2) is 15.9 Å². The van der Waals surface area contributed by atoms with Gasteiger partial charge in [0, 0.05) is 12.4 Å². The normalized spacial score (nSPS) is 12.2. The van der Waals surface area contributed by atoms with E-state index in [1.807, 2.05) is 13.8 Å². The second-order valence-corrected chi connectivity index (χ2v) is 4.84. The van der Waals surface area contributed by atoms with Crippen molar-refractivity contribution in [1.82, 2.24) is 15.3 Å². The van der Waals surface area contributed by atoms with Gasteiger partial charge in [-0.3, -0.25) is 9.78 Å². The summed E-state index contributed by atoms with van der Waals surface area (Å²) in [7, 11) is 0. The maximum atomic E-state index is 13.0. The number of nitrogens with one attached hydrogen (secondary N) is 1. The van der Waals surface area contributed by atoms with Crippen molar-refractivity contribution in [2.75, 3.05) is 0 Å². The molecule has 104 valence electrons. The first kappa shape index (κ1) is 14.1. The SMILES string of the molecule is CC(C)[C@@H](NC(=O)c1cnccn1)c1ccc(F)cc1. The molecule has 1 N–H and O–H groups in total. The van der Waals surface area contributed by atoms with Crippen molar-refractivity contribution in [3.8, 4) is 0 Å². The van der Waals surface area contributed by atoms with Gasteiger partial charge >= 0.3 is 0 Å².